The molecule has 1 unspecified atom stereocenters. The molecule has 3 aliphatic rings. The van der Waals surface area contributed by atoms with Crippen molar-refractivity contribution in [2.75, 3.05) is 38.6 Å². The molecule has 152 valence electrons. The molecule has 0 spiro atoms. The van der Waals surface area contributed by atoms with E-state index in [2.05, 4.69) is 0 Å². The molecular weight excluding hydrogens is 354 g/mol. The third-order valence-corrected chi connectivity index (χ3v) is 6.07. The summed E-state index contributed by atoms with van der Waals surface area (Å²) < 4.78 is 0. The third-order valence-electron chi connectivity index (χ3n) is 6.07. The molecule has 1 atom stereocenters. The van der Waals surface area contributed by atoms with Crippen LogP contribution in [0, 0.1) is 12.8 Å². The lowest BCUT2D eigenvalue weighted by molar-refractivity contribution is -0.136. The zero-order valence-electron chi connectivity index (χ0n) is 17.3. The molecule has 2 amide bonds. The monoisotopic (exact) mass is 385 g/mol. The molecule has 1 aromatic heterocycles. The number of amides is 2. The third kappa shape index (κ3) is 3.90. The van der Waals surface area contributed by atoms with Gasteiger partial charge in [0, 0.05) is 30.8 Å². The average Bonchev–Trinajstić information content (AvgIpc) is 3.47. The summed E-state index contributed by atoms with van der Waals surface area (Å²) in [6.45, 7) is 3.94. The lowest BCUT2D eigenvalue weighted by Gasteiger charge is -2.37. The molecule has 1 aliphatic carbocycles. The maximum Gasteiger partial charge on any atom is 0.237 e. The van der Waals surface area contributed by atoms with Crippen LogP contribution in [-0.2, 0) is 16.0 Å². The highest BCUT2D eigenvalue weighted by Crippen LogP contribution is 2.37. The summed E-state index contributed by atoms with van der Waals surface area (Å²) in [5.74, 6) is 2.42. The number of anilines is 1. The Kier molecular flexibility index (Phi) is 5.36. The molecule has 4 rings (SSSR count). The highest BCUT2D eigenvalue weighted by molar-refractivity contribution is 5.95. The van der Waals surface area contributed by atoms with Gasteiger partial charge >= 0.3 is 0 Å². The van der Waals surface area contributed by atoms with E-state index in [4.69, 9.17) is 9.97 Å². The van der Waals surface area contributed by atoms with Crippen LogP contribution in [0.15, 0.2) is 0 Å². The first kappa shape index (κ1) is 19.3. The maximum atomic E-state index is 12.8. The van der Waals surface area contributed by atoms with Crippen molar-refractivity contribution in [2.45, 2.75) is 57.9 Å². The molecule has 0 radical (unpaired) electrons. The topological polar surface area (TPSA) is 69.6 Å². The Morgan fingerprint density at radius 1 is 1.14 bits per heavy atom. The van der Waals surface area contributed by atoms with Gasteiger partial charge in [0.25, 0.3) is 0 Å². The Hall–Kier alpha value is -2.02. The van der Waals surface area contributed by atoms with Crippen molar-refractivity contribution < 1.29 is 9.59 Å². The van der Waals surface area contributed by atoms with E-state index < -0.39 is 0 Å². The minimum absolute atomic E-state index is 0.0926. The van der Waals surface area contributed by atoms with Gasteiger partial charge in [0.2, 0.25) is 11.8 Å². The molecule has 1 saturated heterocycles. The number of carbonyl (C=O) groups excluding carboxylic acids is 2. The van der Waals surface area contributed by atoms with Crippen LogP contribution in [0.3, 0.4) is 0 Å². The predicted octanol–water partition coefficient (Wildman–Crippen LogP) is 2.09. The molecule has 0 aromatic carbocycles. The van der Waals surface area contributed by atoms with E-state index in [-0.39, 0.29) is 17.9 Å². The van der Waals surface area contributed by atoms with Gasteiger partial charge in [-0.25, -0.2) is 9.97 Å². The number of hydrogen-bond acceptors (Lipinski definition) is 5. The molecule has 2 fully saturated rings. The van der Waals surface area contributed by atoms with Crippen molar-refractivity contribution in [1.82, 2.24) is 19.8 Å². The van der Waals surface area contributed by atoms with Crippen LogP contribution >= 0.6 is 0 Å². The van der Waals surface area contributed by atoms with Gasteiger partial charge < -0.3 is 9.80 Å². The fourth-order valence-corrected chi connectivity index (χ4v) is 4.36. The fraction of sp³-hybridized carbons (Fsp3) is 0.714. The predicted molar refractivity (Wildman–Crippen MR) is 107 cm³/mol. The fourth-order valence-electron chi connectivity index (χ4n) is 4.36. The van der Waals surface area contributed by atoms with Crippen molar-refractivity contribution in [3.8, 4) is 0 Å². The lowest BCUT2D eigenvalue weighted by Crippen LogP contribution is -2.44. The summed E-state index contributed by atoms with van der Waals surface area (Å²) in [7, 11) is 3.83. The Morgan fingerprint density at radius 3 is 2.64 bits per heavy atom. The number of likely N-dealkylation sites (N-methyl/N-ethyl adjacent to an activating group) is 1. The molecule has 2 aliphatic heterocycles. The average molecular weight is 386 g/mol. The number of hydrogen-bond donors (Lipinski definition) is 0. The Labute approximate surface area is 167 Å². The number of nitrogens with zero attached hydrogens (tertiary/aromatic N) is 5. The van der Waals surface area contributed by atoms with E-state index >= 15 is 0 Å². The summed E-state index contributed by atoms with van der Waals surface area (Å²) in [5.41, 5.74) is 2.06. The first-order valence-electron chi connectivity index (χ1n) is 10.6. The van der Waals surface area contributed by atoms with Gasteiger partial charge in [0.1, 0.15) is 5.82 Å². The van der Waals surface area contributed by atoms with Crippen molar-refractivity contribution >= 4 is 17.6 Å². The van der Waals surface area contributed by atoms with Crippen molar-refractivity contribution in [3.63, 3.8) is 0 Å². The van der Waals surface area contributed by atoms with Gasteiger partial charge in [0.15, 0.2) is 5.82 Å². The van der Waals surface area contributed by atoms with Crippen LogP contribution in [0.2, 0.25) is 0 Å². The van der Waals surface area contributed by atoms with Gasteiger partial charge in [0.05, 0.1) is 12.6 Å². The van der Waals surface area contributed by atoms with E-state index in [1.807, 2.05) is 35.7 Å². The summed E-state index contributed by atoms with van der Waals surface area (Å²) in [6, 6.07) is -0.0926. The lowest BCUT2D eigenvalue weighted by atomic mass is 9.99. The summed E-state index contributed by atoms with van der Waals surface area (Å²) in [4.78, 5) is 40.9. The second-order valence-electron chi connectivity index (χ2n) is 8.75. The number of carbonyl (C=O) groups is 2. The van der Waals surface area contributed by atoms with E-state index in [9.17, 15) is 9.59 Å². The molecule has 1 saturated carbocycles. The molecule has 7 heteroatoms. The number of aromatic nitrogens is 2. The van der Waals surface area contributed by atoms with Crippen LogP contribution < -0.4 is 4.90 Å². The quantitative estimate of drug-likeness (QED) is 0.776. The van der Waals surface area contributed by atoms with Gasteiger partial charge in [-0.3, -0.25) is 14.5 Å². The highest BCUT2D eigenvalue weighted by Gasteiger charge is 2.35. The number of fused-ring (bicyclic) bond motifs is 1. The van der Waals surface area contributed by atoms with Crippen molar-refractivity contribution in [3.05, 3.63) is 17.1 Å². The first-order chi connectivity index (χ1) is 13.4. The molecule has 0 bridgehead atoms. The molecular formula is C21H31N5O2. The standard InChI is InChI=1S/C21H31N5O2/c1-14-16-9-10-18(27)26(12-15-7-8-15)21(16)23-20(22-14)17-6-4-5-11-25(17)19(28)13-24(2)3/h15,17H,4-13H2,1-3H3. The zero-order valence-corrected chi connectivity index (χ0v) is 17.3. The van der Waals surface area contributed by atoms with E-state index in [1.165, 1.54) is 12.8 Å². The van der Waals surface area contributed by atoms with Gasteiger partial charge in [-0.2, -0.15) is 0 Å². The van der Waals surface area contributed by atoms with Crippen LogP contribution in [0.25, 0.3) is 0 Å². The Morgan fingerprint density at radius 2 is 1.93 bits per heavy atom. The SMILES string of the molecule is Cc1nc(C2CCCCN2C(=O)CN(C)C)nc2c1CCC(=O)N2CC1CC1. The second kappa shape index (κ2) is 7.78. The zero-order chi connectivity index (χ0) is 19.8. The minimum Gasteiger partial charge on any atom is -0.331 e. The van der Waals surface area contributed by atoms with E-state index in [0.29, 0.717) is 24.7 Å². The van der Waals surface area contributed by atoms with Crippen molar-refractivity contribution in [1.29, 1.82) is 0 Å². The van der Waals surface area contributed by atoms with Gasteiger partial charge in [-0.1, -0.05) is 0 Å². The first-order valence-corrected chi connectivity index (χ1v) is 10.6. The van der Waals surface area contributed by atoms with Gasteiger partial charge in [-0.15, -0.1) is 0 Å². The number of rotatable bonds is 5. The van der Waals surface area contributed by atoms with Crippen LogP contribution in [0.1, 0.15) is 61.6 Å². The molecule has 28 heavy (non-hydrogen) atoms. The number of likely N-dealkylation sites (tertiary alicyclic amines) is 1. The Balaban J connectivity index is 1.67. The molecule has 0 N–H and O–H groups in total. The molecule has 1 aromatic rings. The highest BCUT2D eigenvalue weighted by atomic mass is 16.2. The number of piperidine rings is 1. The van der Waals surface area contributed by atoms with Crippen molar-refractivity contribution in [2.24, 2.45) is 5.92 Å². The minimum atomic E-state index is -0.0926. The largest absolute Gasteiger partial charge is 0.331 e. The summed E-state index contributed by atoms with van der Waals surface area (Å²) in [6.07, 6.45) is 6.63. The van der Waals surface area contributed by atoms with E-state index in [1.54, 1.807) is 0 Å². The van der Waals surface area contributed by atoms with Crippen LogP contribution in [0.5, 0.6) is 0 Å². The van der Waals surface area contributed by atoms with Gasteiger partial charge in [-0.05, 0) is 65.5 Å². The maximum absolute atomic E-state index is 12.8. The molecule has 3 heterocycles. The Bertz CT molecular complexity index is 774. The van der Waals surface area contributed by atoms with Crippen LogP contribution in [-0.4, -0.2) is 65.3 Å². The normalized spacial score (nSPS) is 22.6. The van der Waals surface area contributed by atoms with Crippen LogP contribution in [0.4, 0.5) is 5.82 Å². The summed E-state index contributed by atoms with van der Waals surface area (Å²) in [5, 5.41) is 0. The molecule has 7 nitrogen and oxygen atoms in total. The second-order valence-corrected chi connectivity index (χ2v) is 8.75. The summed E-state index contributed by atoms with van der Waals surface area (Å²) >= 11 is 0. The van der Waals surface area contributed by atoms with E-state index in [0.717, 1.165) is 55.8 Å². The number of aryl methyl sites for hydroxylation is 1. The smallest absolute Gasteiger partial charge is 0.237 e.